The van der Waals surface area contributed by atoms with Crippen molar-refractivity contribution in [2.24, 2.45) is 0 Å². The molecule has 3 aromatic rings. The number of carbonyl (C=O) groups excluding carboxylic acids is 1. The van der Waals surface area contributed by atoms with Crippen molar-refractivity contribution in [3.63, 3.8) is 0 Å². The van der Waals surface area contributed by atoms with Gasteiger partial charge in [0.05, 0.1) is 26.0 Å². The molecular formula is C21H22N4O4S. The average Bonchev–Trinajstić information content (AvgIpc) is 3.27. The molecule has 1 aliphatic heterocycles. The van der Waals surface area contributed by atoms with Crippen LogP contribution in [0.25, 0.3) is 11.3 Å². The summed E-state index contributed by atoms with van der Waals surface area (Å²) >= 11 is 1.34. The third kappa shape index (κ3) is 5.05. The van der Waals surface area contributed by atoms with Crippen molar-refractivity contribution < 1.29 is 19.0 Å². The first-order valence-electron chi connectivity index (χ1n) is 9.52. The summed E-state index contributed by atoms with van der Waals surface area (Å²) in [5, 5.41) is 5.02. The van der Waals surface area contributed by atoms with Gasteiger partial charge in [0.1, 0.15) is 18.2 Å². The number of nitrogens with zero attached hydrogens (tertiary/aromatic N) is 3. The zero-order chi connectivity index (χ0) is 20.8. The van der Waals surface area contributed by atoms with Crippen LogP contribution in [0.4, 0.5) is 15.7 Å². The number of anilines is 2. The normalized spacial score (nSPS) is 13.7. The summed E-state index contributed by atoms with van der Waals surface area (Å²) in [6, 6.07) is 11.3. The molecule has 3 heterocycles. The van der Waals surface area contributed by atoms with Crippen LogP contribution in [0, 0.1) is 0 Å². The molecule has 1 saturated heterocycles. The van der Waals surface area contributed by atoms with Crippen LogP contribution >= 0.6 is 11.3 Å². The van der Waals surface area contributed by atoms with Crippen molar-refractivity contribution in [1.82, 2.24) is 9.97 Å². The number of amides is 1. The molecule has 9 heteroatoms. The minimum absolute atomic E-state index is 0.168. The van der Waals surface area contributed by atoms with Gasteiger partial charge in [-0.15, -0.1) is 11.3 Å². The van der Waals surface area contributed by atoms with Crippen LogP contribution in [0.5, 0.6) is 5.75 Å². The molecule has 156 valence electrons. The molecule has 1 aromatic carbocycles. The van der Waals surface area contributed by atoms with Crippen LogP contribution in [-0.2, 0) is 16.1 Å². The number of ether oxygens (including phenoxy) is 3. The summed E-state index contributed by atoms with van der Waals surface area (Å²) in [4.78, 5) is 23.2. The zero-order valence-corrected chi connectivity index (χ0v) is 17.4. The molecule has 0 unspecified atom stereocenters. The Hall–Kier alpha value is -3.17. The van der Waals surface area contributed by atoms with E-state index in [1.54, 1.807) is 13.3 Å². The first-order valence-corrected chi connectivity index (χ1v) is 10.4. The largest absolute Gasteiger partial charge is 0.497 e. The first kappa shape index (κ1) is 20.1. The molecule has 8 nitrogen and oxygen atoms in total. The molecule has 4 rings (SSSR count). The lowest BCUT2D eigenvalue weighted by atomic mass is 10.2. The van der Waals surface area contributed by atoms with Crippen molar-refractivity contribution in [2.75, 3.05) is 43.6 Å². The molecule has 0 atom stereocenters. The van der Waals surface area contributed by atoms with Crippen LogP contribution in [0.2, 0.25) is 0 Å². The molecule has 1 aliphatic rings. The van der Waals surface area contributed by atoms with Gasteiger partial charge in [-0.2, -0.15) is 0 Å². The van der Waals surface area contributed by atoms with Gasteiger partial charge in [0.2, 0.25) is 0 Å². The van der Waals surface area contributed by atoms with E-state index in [1.165, 1.54) is 11.3 Å². The van der Waals surface area contributed by atoms with E-state index in [0.717, 1.165) is 54.7 Å². The summed E-state index contributed by atoms with van der Waals surface area (Å²) in [5.41, 5.74) is 2.52. The monoisotopic (exact) mass is 426 g/mol. The fourth-order valence-corrected chi connectivity index (χ4v) is 3.68. The van der Waals surface area contributed by atoms with Crippen molar-refractivity contribution in [1.29, 1.82) is 0 Å². The highest BCUT2D eigenvalue weighted by molar-refractivity contribution is 7.14. The molecule has 1 fully saturated rings. The average molecular weight is 426 g/mol. The maximum absolute atomic E-state index is 12.1. The van der Waals surface area contributed by atoms with E-state index in [9.17, 15) is 4.79 Å². The van der Waals surface area contributed by atoms with Crippen molar-refractivity contribution in [3.05, 3.63) is 53.5 Å². The third-order valence-corrected chi connectivity index (χ3v) is 5.38. The number of carbonyl (C=O) groups is 1. The Morgan fingerprint density at radius 3 is 2.70 bits per heavy atom. The minimum Gasteiger partial charge on any atom is -0.497 e. The highest BCUT2D eigenvalue weighted by Crippen LogP contribution is 2.26. The fraction of sp³-hybridized carbons (Fsp3) is 0.286. The van der Waals surface area contributed by atoms with E-state index < -0.39 is 6.09 Å². The van der Waals surface area contributed by atoms with E-state index in [4.69, 9.17) is 14.2 Å². The highest BCUT2D eigenvalue weighted by atomic mass is 32.1. The second-order valence-electron chi connectivity index (χ2n) is 6.59. The summed E-state index contributed by atoms with van der Waals surface area (Å²) in [6.45, 7) is 3.30. The minimum atomic E-state index is -0.549. The van der Waals surface area contributed by atoms with E-state index >= 15 is 0 Å². The molecular weight excluding hydrogens is 404 g/mol. The van der Waals surface area contributed by atoms with Crippen LogP contribution in [-0.4, -0.2) is 49.5 Å². The SMILES string of the molecule is COc1ccc(COC(=O)Nc2nc(-c3ccc(N4CCOCC4)nc3)cs2)cc1. The van der Waals surface area contributed by atoms with Gasteiger partial charge in [-0.3, -0.25) is 5.32 Å². The molecule has 0 saturated carbocycles. The first-order chi connectivity index (χ1) is 14.7. The number of pyridine rings is 1. The number of benzene rings is 1. The topological polar surface area (TPSA) is 85.8 Å². The molecule has 30 heavy (non-hydrogen) atoms. The fourth-order valence-electron chi connectivity index (χ4n) is 2.97. The van der Waals surface area contributed by atoms with Crippen LogP contribution < -0.4 is 15.0 Å². The second-order valence-corrected chi connectivity index (χ2v) is 7.45. The predicted octanol–water partition coefficient (Wildman–Crippen LogP) is 3.80. The van der Waals surface area contributed by atoms with Gasteiger partial charge >= 0.3 is 6.09 Å². The Morgan fingerprint density at radius 2 is 2.00 bits per heavy atom. The highest BCUT2D eigenvalue weighted by Gasteiger charge is 2.13. The van der Waals surface area contributed by atoms with Crippen molar-refractivity contribution in [3.8, 4) is 17.0 Å². The Bertz CT molecular complexity index is 969. The number of methoxy groups -OCH3 is 1. The van der Waals surface area contributed by atoms with Gasteiger partial charge in [0, 0.05) is 30.2 Å². The zero-order valence-electron chi connectivity index (χ0n) is 16.5. The molecule has 0 aliphatic carbocycles. The van der Waals surface area contributed by atoms with Gasteiger partial charge in [-0.1, -0.05) is 12.1 Å². The van der Waals surface area contributed by atoms with Crippen LogP contribution in [0.15, 0.2) is 48.0 Å². The summed E-state index contributed by atoms with van der Waals surface area (Å²) in [6.07, 6.45) is 1.25. The summed E-state index contributed by atoms with van der Waals surface area (Å²) in [7, 11) is 1.61. The Morgan fingerprint density at radius 1 is 1.20 bits per heavy atom. The molecule has 2 aromatic heterocycles. The van der Waals surface area contributed by atoms with E-state index in [-0.39, 0.29) is 6.61 Å². The number of morpholine rings is 1. The molecule has 1 N–H and O–H groups in total. The van der Waals surface area contributed by atoms with Crippen LogP contribution in [0.3, 0.4) is 0 Å². The lowest BCUT2D eigenvalue weighted by Gasteiger charge is -2.27. The second kappa shape index (κ2) is 9.55. The van der Waals surface area contributed by atoms with Crippen molar-refractivity contribution >= 4 is 28.4 Å². The Balaban J connectivity index is 1.31. The number of hydrogen-bond acceptors (Lipinski definition) is 8. The van der Waals surface area contributed by atoms with Crippen LogP contribution in [0.1, 0.15) is 5.56 Å². The van der Waals surface area contributed by atoms with Gasteiger partial charge in [0.25, 0.3) is 0 Å². The number of thiazole rings is 1. The summed E-state index contributed by atoms with van der Waals surface area (Å²) in [5.74, 6) is 1.68. The Kier molecular flexibility index (Phi) is 6.41. The van der Waals surface area contributed by atoms with Gasteiger partial charge in [-0.25, -0.2) is 14.8 Å². The molecule has 0 bridgehead atoms. The number of aromatic nitrogens is 2. The third-order valence-electron chi connectivity index (χ3n) is 4.62. The van der Waals surface area contributed by atoms with E-state index in [1.807, 2.05) is 41.8 Å². The van der Waals surface area contributed by atoms with Gasteiger partial charge in [0.15, 0.2) is 5.13 Å². The smallest absolute Gasteiger partial charge is 0.413 e. The number of hydrogen-bond donors (Lipinski definition) is 1. The lowest BCUT2D eigenvalue weighted by Crippen LogP contribution is -2.36. The maximum atomic E-state index is 12.1. The number of rotatable bonds is 6. The summed E-state index contributed by atoms with van der Waals surface area (Å²) < 4.78 is 15.7. The van der Waals surface area contributed by atoms with E-state index in [2.05, 4.69) is 20.2 Å². The van der Waals surface area contributed by atoms with Gasteiger partial charge < -0.3 is 19.1 Å². The van der Waals surface area contributed by atoms with E-state index in [0.29, 0.717) is 5.13 Å². The predicted molar refractivity (Wildman–Crippen MR) is 115 cm³/mol. The lowest BCUT2D eigenvalue weighted by molar-refractivity contribution is 0.122. The molecule has 1 amide bonds. The van der Waals surface area contributed by atoms with Gasteiger partial charge in [-0.05, 0) is 29.8 Å². The molecule has 0 spiro atoms. The van der Waals surface area contributed by atoms with Crippen molar-refractivity contribution in [2.45, 2.75) is 6.61 Å². The Labute approximate surface area is 178 Å². The molecule has 0 radical (unpaired) electrons. The standard InChI is InChI=1S/C21H22N4O4S/c1-27-17-5-2-15(3-6-17)13-29-21(26)24-20-23-18(14-30-20)16-4-7-19(22-12-16)25-8-10-28-11-9-25/h2-7,12,14H,8-11,13H2,1H3,(H,23,24,26). The quantitative estimate of drug-likeness (QED) is 0.642. The number of nitrogens with one attached hydrogen (secondary N) is 1. The maximum Gasteiger partial charge on any atom is 0.413 e.